The molecule has 0 aromatic heterocycles. The molecule has 0 bridgehead atoms. The summed E-state index contributed by atoms with van der Waals surface area (Å²) in [5.41, 5.74) is 9.85. The highest BCUT2D eigenvalue weighted by Crippen LogP contribution is 2.23. The third-order valence-electron chi connectivity index (χ3n) is 2.77. The van der Waals surface area contributed by atoms with Gasteiger partial charge in [0, 0.05) is 10.5 Å². The van der Waals surface area contributed by atoms with E-state index in [2.05, 4.69) is 48.8 Å². The molecule has 1 aromatic rings. The van der Waals surface area contributed by atoms with Gasteiger partial charge in [0.15, 0.2) is 0 Å². The summed E-state index contributed by atoms with van der Waals surface area (Å²) in [6, 6.07) is 4.80. The predicted octanol–water partition coefficient (Wildman–Crippen LogP) is 3.74. The van der Waals surface area contributed by atoms with E-state index < -0.39 is 0 Å². The van der Waals surface area contributed by atoms with E-state index in [0.717, 1.165) is 12.8 Å². The first-order chi connectivity index (χ1) is 7.00. The summed E-state index contributed by atoms with van der Waals surface area (Å²) in [6.45, 7) is 6.37. The number of hydrogen-bond donors (Lipinski definition) is 1. The molecule has 0 heterocycles. The highest BCUT2D eigenvalue weighted by Gasteiger charge is 2.03. The molecule has 1 aromatic carbocycles. The topological polar surface area (TPSA) is 26.0 Å². The maximum absolute atomic E-state index is 5.74. The molecule has 1 unspecified atom stereocenters. The zero-order valence-electron chi connectivity index (χ0n) is 9.81. The number of aryl methyl sites for hydroxylation is 3. The minimum Gasteiger partial charge on any atom is -0.328 e. The smallest absolute Gasteiger partial charge is 0.0210 e. The van der Waals surface area contributed by atoms with Crippen LogP contribution in [0.4, 0.5) is 0 Å². The monoisotopic (exact) mass is 269 g/mol. The van der Waals surface area contributed by atoms with E-state index in [-0.39, 0.29) is 0 Å². The lowest BCUT2D eigenvalue weighted by Crippen LogP contribution is -2.14. The SMILES string of the molecule is Cc1cc(Br)c(CCCC(C)N)cc1C. The summed E-state index contributed by atoms with van der Waals surface area (Å²) < 4.78 is 1.23. The lowest BCUT2D eigenvalue weighted by atomic mass is 10.0. The summed E-state index contributed by atoms with van der Waals surface area (Å²) in [5.74, 6) is 0. The molecule has 0 spiro atoms. The largest absolute Gasteiger partial charge is 0.328 e. The van der Waals surface area contributed by atoms with Crippen LogP contribution in [0, 0.1) is 13.8 Å². The molecule has 1 rings (SSSR count). The lowest BCUT2D eigenvalue weighted by Gasteiger charge is -2.09. The fraction of sp³-hybridized carbons (Fsp3) is 0.538. The van der Waals surface area contributed by atoms with Gasteiger partial charge < -0.3 is 5.73 Å². The van der Waals surface area contributed by atoms with Crippen LogP contribution in [-0.2, 0) is 6.42 Å². The molecule has 15 heavy (non-hydrogen) atoms. The third kappa shape index (κ3) is 3.96. The van der Waals surface area contributed by atoms with E-state index in [4.69, 9.17) is 5.73 Å². The lowest BCUT2D eigenvalue weighted by molar-refractivity contribution is 0.623. The Kier molecular flexibility index (Phi) is 4.81. The van der Waals surface area contributed by atoms with Crippen molar-refractivity contribution in [3.05, 3.63) is 33.3 Å². The van der Waals surface area contributed by atoms with Crippen LogP contribution < -0.4 is 5.73 Å². The van der Waals surface area contributed by atoms with E-state index in [9.17, 15) is 0 Å². The second kappa shape index (κ2) is 5.66. The van der Waals surface area contributed by atoms with Gasteiger partial charge in [0.05, 0.1) is 0 Å². The van der Waals surface area contributed by atoms with Crippen molar-refractivity contribution >= 4 is 15.9 Å². The maximum Gasteiger partial charge on any atom is 0.0210 e. The first-order valence-corrected chi connectivity index (χ1v) is 6.31. The molecule has 0 saturated heterocycles. The Labute approximate surface area is 101 Å². The van der Waals surface area contributed by atoms with Gasteiger partial charge in [-0.25, -0.2) is 0 Å². The Morgan fingerprint density at radius 3 is 2.47 bits per heavy atom. The van der Waals surface area contributed by atoms with Crippen LogP contribution >= 0.6 is 15.9 Å². The first kappa shape index (κ1) is 12.7. The van der Waals surface area contributed by atoms with Crippen LogP contribution in [0.25, 0.3) is 0 Å². The maximum atomic E-state index is 5.74. The summed E-state index contributed by atoms with van der Waals surface area (Å²) in [4.78, 5) is 0. The van der Waals surface area contributed by atoms with Crippen molar-refractivity contribution < 1.29 is 0 Å². The molecule has 1 nitrogen and oxygen atoms in total. The number of hydrogen-bond acceptors (Lipinski definition) is 1. The summed E-state index contributed by atoms with van der Waals surface area (Å²) >= 11 is 3.62. The predicted molar refractivity (Wildman–Crippen MR) is 70.2 cm³/mol. The van der Waals surface area contributed by atoms with Crippen molar-refractivity contribution in [2.45, 2.75) is 46.1 Å². The van der Waals surface area contributed by atoms with Gasteiger partial charge >= 0.3 is 0 Å². The highest BCUT2D eigenvalue weighted by atomic mass is 79.9. The van der Waals surface area contributed by atoms with Crippen LogP contribution in [0.15, 0.2) is 16.6 Å². The van der Waals surface area contributed by atoms with Crippen molar-refractivity contribution in [3.8, 4) is 0 Å². The molecule has 0 saturated carbocycles. The molecular weight excluding hydrogens is 250 g/mol. The van der Waals surface area contributed by atoms with Gasteiger partial charge in [-0.3, -0.25) is 0 Å². The van der Waals surface area contributed by atoms with Crippen molar-refractivity contribution in [1.29, 1.82) is 0 Å². The molecule has 2 heteroatoms. The number of halogens is 1. The van der Waals surface area contributed by atoms with Gasteiger partial charge in [-0.2, -0.15) is 0 Å². The van der Waals surface area contributed by atoms with Gasteiger partial charge in [-0.15, -0.1) is 0 Å². The van der Waals surface area contributed by atoms with E-state index >= 15 is 0 Å². The Bertz CT molecular complexity index is 332. The van der Waals surface area contributed by atoms with Crippen molar-refractivity contribution in [1.82, 2.24) is 0 Å². The fourth-order valence-corrected chi connectivity index (χ4v) is 2.30. The van der Waals surface area contributed by atoms with Crippen LogP contribution in [0.2, 0.25) is 0 Å². The molecule has 0 amide bonds. The molecule has 1 atom stereocenters. The zero-order chi connectivity index (χ0) is 11.4. The molecular formula is C13H20BrN. The second-order valence-corrected chi connectivity index (χ2v) is 5.25. The summed E-state index contributed by atoms with van der Waals surface area (Å²) in [5, 5.41) is 0. The highest BCUT2D eigenvalue weighted by molar-refractivity contribution is 9.10. The minimum absolute atomic E-state index is 0.315. The Morgan fingerprint density at radius 2 is 1.87 bits per heavy atom. The van der Waals surface area contributed by atoms with Gasteiger partial charge in [0.1, 0.15) is 0 Å². The Balaban J connectivity index is 2.65. The molecule has 0 aliphatic carbocycles. The molecule has 0 fully saturated rings. The van der Waals surface area contributed by atoms with Crippen LogP contribution in [0.3, 0.4) is 0 Å². The van der Waals surface area contributed by atoms with Gasteiger partial charge in [-0.1, -0.05) is 22.0 Å². The van der Waals surface area contributed by atoms with Crippen LogP contribution in [0.5, 0.6) is 0 Å². The van der Waals surface area contributed by atoms with E-state index in [1.165, 1.54) is 27.6 Å². The quantitative estimate of drug-likeness (QED) is 0.886. The molecule has 0 aliphatic heterocycles. The molecule has 0 aliphatic rings. The standard InChI is InChI=1S/C13H20BrN/c1-9-7-12(6-4-5-11(3)15)13(14)8-10(9)2/h7-8,11H,4-6,15H2,1-3H3. The average molecular weight is 270 g/mol. The molecule has 84 valence electrons. The summed E-state index contributed by atoms with van der Waals surface area (Å²) in [6.07, 6.45) is 3.38. The van der Waals surface area contributed by atoms with Crippen LogP contribution in [0.1, 0.15) is 36.5 Å². The fourth-order valence-electron chi connectivity index (χ4n) is 1.65. The third-order valence-corrected chi connectivity index (χ3v) is 3.51. The van der Waals surface area contributed by atoms with Crippen molar-refractivity contribution in [3.63, 3.8) is 0 Å². The summed E-state index contributed by atoms with van der Waals surface area (Å²) in [7, 11) is 0. The number of benzene rings is 1. The molecule has 0 radical (unpaired) electrons. The minimum atomic E-state index is 0.315. The Hall–Kier alpha value is -0.340. The number of rotatable bonds is 4. The van der Waals surface area contributed by atoms with Gasteiger partial charge in [0.25, 0.3) is 0 Å². The Morgan fingerprint density at radius 1 is 1.27 bits per heavy atom. The van der Waals surface area contributed by atoms with Crippen molar-refractivity contribution in [2.75, 3.05) is 0 Å². The van der Waals surface area contributed by atoms with Gasteiger partial charge in [-0.05, 0) is 62.8 Å². The first-order valence-electron chi connectivity index (χ1n) is 5.52. The average Bonchev–Trinajstić information content (AvgIpc) is 2.13. The second-order valence-electron chi connectivity index (χ2n) is 4.40. The van der Waals surface area contributed by atoms with Gasteiger partial charge in [0.2, 0.25) is 0 Å². The molecule has 2 N–H and O–H groups in total. The van der Waals surface area contributed by atoms with Crippen molar-refractivity contribution in [2.24, 2.45) is 5.73 Å². The van der Waals surface area contributed by atoms with E-state index in [1.807, 2.05) is 0 Å². The normalized spacial score (nSPS) is 12.9. The number of nitrogens with two attached hydrogens (primary N) is 1. The van der Waals surface area contributed by atoms with Crippen LogP contribution in [-0.4, -0.2) is 6.04 Å². The zero-order valence-corrected chi connectivity index (χ0v) is 11.4. The van der Waals surface area contributed by atoms with E-state index in [1.54, 1.807) is 0 Å². The van der Waals surface area contributed by atoms with E-state index in [0.29, 0.717) is 6.04 Å².